The molecule has 0 aromatic heterocycles. The molecule has 0 aromatic rings. The first kappa shape index (κ1) is 8.52. The minimum Gasteiger partial charge on any atom is -0.328 e. The van der Waals surface area contributed by atoms with Crippen LogP contribution in [0.15, 0.2) is 0 Å². The van der Waals surface area contributed by atoms with E-state index in [4.69, 9.17) is 12.2 Å². The van der Waals surface area contributed by atoms with Gasteiger partial charge in [0.1, 0.15) is 0 Å². The van der Waals surface area contributed by atoms with E-state index >= 15 is 0 Å². The van der Waals surface area contributed by atoms with Gasteiger partial charge in [0.25, 0.3) is 0 Å². The summed E-state index contributed by atoms with van der Waals surface area (Å²) in [6.07, 6.45) is 7.14. The minimum atomic E-state index is 0.288. The van der Waals surface area contributed by atoms with Crippen molar-refractivity contribution in [1.29, 1.82) is 0 Å². The standard InChI is InChI=1S/C8H15N/c1-4-7(3)6-8(9)5-2/h1,7-8H,5-6,9H2,2-3H3. The van der Waals surface area contributed by atoms with E-state index in [1.807, 2.05) is 6.92 Å². The molecule has 2 unspecified atom stereocenters. The lowest BCUT2D eigenvalue weighted by Gasteiger charge is -2.09. The summed E-state index contributed by atoms with van der Waals surface area (Å²) in [5, 5.41) is 0. The molecule has 52 valence electrons. The lowest BCUT2D eigenvalue weighted by Crippen LogP contribution is -2.20. The first-order valence-electron chi connectivity index (χ1n) is 3.42. The number of rotatable bonds is 3. The molecule has 0 heterocycles. The van der Waals surface area contributed by atoms with Gasteiger partial charge in [-0.25, -0.2) is 0 Å². The van der Waals surface area contributed by atoms with Crippen molar-refractivity contribution in [3.8, 4) is 12.3 Å². The molecular formula is C8H15N. The topological polar surface area (TPSA) is 26.0 Å². The molecule has 0 saturated heterocycles. The molecule has 0 aliphatic rings. The van der Waals surface area contributed by atoms with Gasteiger partial charge in [0.2, 0.25) is 0 Å². The summed E-state index contributed by atoms with van der Waals surface area (Å²) in [6.45, 7) is 4.10. The number of nitrogens with two attached hydrogens (primary N) is 1. The van der Waals surface area contributed by atoms with Crippen molar-refractivity contribution in [2.75, 3.05) is 0 Å². The van der Waals surface area contributed by atoms with E-state index in [0.717, 1.165) is 12.8 Å². The number of hydrogen-bond acceptors (Lipinski definition) is 1. The van der Waals surface area contributed by atoms with Crippen molar-refractivity contribution in [3.05, 3.63) is 0 Å². The van der Waals surface area contributed by atoms with Crippen LogP contribution >= 0.6 is 0 Å². The highest BCUT2D eigenvalue weighted by Gasteiger charge is 2.02. The summed E-state index contributed by atoms with van der Waals surface area (Å²) in [6, 6.07) is 0.288. The van der Waals surface area contributed by atoms with Gasteiger partial charge in [-0.05, 0) is 12.8 Å². The molecule has 0 amide bonds. The lowest BCUT2D eigenvalue weighted by atomic mass is 10.0. The summed E-state index contributed by atoms with van der Waals surface area (Å²) < 4.78 is 0. The third kappa shape index (κ3) is 4.05. The predicted molar refractivity (Wildman–Crippen MR) is 40.9 cm³/mol. The average Bonchev–Trinajstić information content (AvgIpc) is 1.87. The van der Waals surface area contributed by atoms with E-state index in [9.17, 15) is 0 Å². The van der Waals surface area contributed by atoms with Crippen LogP contribution in [0.5, 0.6) is 0 Å². The average molecular weight is 125 g/mol. The molecule has 0 fully saturated rings. The summed E-state index contributed by atoms with van der Waals surface area (Å²) in [5.74, 6) is 2.98. The van der Waals surface area contributed by atoms with Crippen LogP contribution in [-0.4, -0.2) is 6.04 Å². The molecular weight excluding hydrogens is 110 g/mol. The summed E-state index contributed by atoms with van der Waals surface area (Å²) >= 11 is 0. The Morgan fingerprint density at radius 2 is 2.22 bits per heavy atom. The molecule has 2 atom stereocenters. The smallest absolute Gasteiger partial charge is 0.0186 e. The normalized spacial score (nSPS) is 16.2. The molecule has 0 aliphatic heterocycles. The second kappa shape index (κ2) is 4.40. The van der Waals surface area contributed by atoms with Crippen LogP contribution in [0.25, 0.3) is 0 Å². The van der Waals surface area contributed by atoms with E-state index in [-0.39, 0.29) is 6.04 Å². The molecule has 1 heteroatoms. The Balaban J connectivity index is 3.37. The Kier molecular flexibility index (Phi) is 4.17. The highest BCUT2D eigenvalue weighted by atomic mass is 14.6. The van der Waals surface area contributed by atoms with Gasteiger partial charge in [0, 0.05) is 12.0 Å². The van der Waals surface area contributed by atoms with Gasteiger partial charge in [-0.15, -0.1) is 12.3 Å². The quantitative estimate of drug-likeness (QED) is 0.567. The van der Waals surface area contributed by atoms with Gasteiger partial charge in [-0.2, -0.15) is 0 Å². The molecule has 1 nitrogen and oxygen atoms in total. The molecule has 9 heavy (non-hydrogen) atoms. The second-order valence-corrected chi connectivity index (χ2v) is 2.47. The van der Waals surface area contributed by atoms with Crippen molar-refractivity contribution in [2.45, 2.75) is 32.7 Å². The van der Waals surface area contributed by atoms with Gasteiger partial charge < -0.3 is 5.73 Å². The number of hydrogen-bond donors (Lipinski definition) is 1. The lowest BCUT2D eigenvalue weighted by molar-refractivity contribution is 0.529. The zero-order chi connectivity index (χ0) is 7.28. The Morgan fingerprint density at radius 3 is 2.56 bits per heavy atom. The fourth-order valence-electron chi connectivity index (χ4n) is 0.689. The van der Waals surface area contributed by atoms with Crippen LogP contribution < -0.4 is 5.73 Å². The summed E-state index contributed by atoms with van der Waals surface area (Å²) in [4.78, 5) is 0. The van der Waals surface area contributed by atoms with E-state index in [0.29, 0.717) is 5.92 Å². The van der Waals surface area contributed by atoms with Crippen molar-refractivity contribution < 1.29 is 0 Å². The largest absolute Gasteiger partial charge is 0.328 e. The zero-order valence-electron chi connectivity index (χ0n) is 6.22. The maximum atomic E-state index is 5.65. The molecule has 0 rings (SSSR count). The van der Waals surface area contributed by atoms with E-state index in [2.05, 4.69) is 12.8 Å². The molecule has 0 saturated carbocycles. The first-order valence-corrected chi connectivity index (χ1v) is 3.42. The van der Waals surface area contributed by atoms with E-state index < -0.39 is 0 Å². The highest BCUT2D eigenvalue weighted by molar-refractivity contribution is 4.91. The first-order chi connectivity index (χ1) is 4.20. The van der Waals surface area contributed by atoms with Crippen molar-refractivity contribution >= 4 is 0 Å². The van der Waals surface area contributed by atoms with E-state index in [1.54, 1.807) is 0 Å². The third-order valence-corrected chi connectivity index (χ3v) is 1.47. The van der Waals surface area contributed by atoms with Gasteiger partial charge in [-0.1, -0.05) is 13.8 Å². The van der Waals surface area contributed by atoms with Crippen LogP contribution in [0.4, 0.5) is 0 Å². The molecule has 0 bridgehead atoms. The Morgan fingerprint density at radius 1 is 1.67 bits per heavy atom. The Bertz CT molecular complexity index is 102. The van der Waals surface area contributed by atoms with Crippen LogP contribution in [0.3, 0.4) is 0 Å². The van der Waals surface area contributed by atoms with Gasteiger partial charge >= 0.3 is 0 Å². The Hall–Kier alpha value is -0.480. The molecule has 2 N–H and O–H groups in total. The van der Waals surface area contributed by atoms with Crippen molar-refractivity contribution in [3.63, 3.8) is 0 Å². The molecule has 0 radical (unpaired) electrons. The van der Waals surface area contributed by atoms with E-state index in [1.165, 1.54) is 0 Å². The van der Waals surface area contributed by atoms with Crippen molar-refractivity contribution in [1.82, 2.24) is 0 Å². The highest BCUT2D eigenvalue weighted by Crippen LogP contribution is 2.04. The fourth-order valence-corrected chi connectivity index (χ4v) is 0.689. The third-order valence-electron chi connectivity index (χ3n) is 1.47. The Labute approximate surface area is 57.6 Å². The SMILES string of the molecule is C#CC(C)CC(N)CC. The van der Waals surface area contributed by atoms with Gasteiger partial charge in [0.05, 0.1) is 0 Å². The van der Waals surface area contributed by atoms with Crippen LogP contribution in [0.1, 0.15) is 26.7 Å². The zero-order valence-corrected chi connectivity index (χ0v) is 6.22. The molecule has 0 aromatic carbocycles. The van der Waals surface area contributed by atoms with Gasteiger partial charge in [-0.3, -0.25) is 0 Å². The summed E-state index contributed by atoms with van der Waals surface area (Å²) in [7, 11) is 0. The molecule has 0 spiro atoms. The van der Waals surface area contributed by atoms with Gasteiger partial charge in [0.15, 0.2) is 0 Å². The van der Waals surface area contributed by atoms with Crippen molar-refractivity contribution in [2.24, 2.45) is 11.7 Å². The fraction of sp³-hybridized carbons (Fsp3) is 0.750. The van der Waals surface area contributed by atoms with Crippen LogP contribution in [0, 0.1) is 18.3 Å². The second-order valence-electron chi connectivity index (χ2n) is 2.47. The number of terminal acetylenes is 1. The maximum absolute atomic E-state index is 5.65. The minimum absolute atomic E-state index is 0.288. The monoisotopic (exact) mass is 125 g/mol. The molecule has 0 aliphatic carbocycles. The summed E-state index contributed by atoms with van der Waals surface area (Å²) in [5.41, 5.74) is 5.65. The maximum Gasteiger partial charge on any atom is 0.0186 e. The van der Waals surface area contributed by atoms with Crippen LogP contribution in [-0.2, 0) is 0 Å². The predicted octanol–water partition coefficient (Wildman–Crippen LogP) is 1.38. The van der Waals surface area contributed by atoms with Crippen LogP contribution in [0.2, 0.25) is 0 Å².